The number of amides is 3. The van der Waals surface area contributed by atoms with Crippen molar-refractivity contribution in [1.29, 1.82) is 0 Å². The Kier molecular flexibility index (Phi) is 8.47. The summed E-state index contributed by atoms with van der Waals surface area (Å²) in [6.45, 7) is 0. The largest absolute Gasteiger partial charge is 0.477 e. The van der Waals surface area contributed by atoms with Gasteiger partial charge in [0, 0.05) is 30.3 Å². The van der Waals surface area contributed by atoms with Gasteiger partial charge in [0.1, 0.15) is 33.7 Å². The van der Waals surface area contributed by atoms with Crippen LogP contribution >= 0.6 is 35.7 Å². The quantitative estimate of drug-likeness (QED) is 0.0500. The fourth-order valence-electron chi connectivity index (χ4n) is 5.07. The van der Waals surface area contributed by atoms with Gasteiger partial charge in [-0.25, -0.2) is 19.4 Å². The molecule has 2 aliphatic rings. The van der Waals surface area contributed by atoms with Crippen LogP contribution in [0.25, 0.3) is 11.2 Å². The number of carbonyl (C=O) groups is 4. The maximum Gasteiger partial charge on any atom is 0.353 e. The molecule has 3 aromatic heterocycles. The number of carbonyl (C=O) groups excluding carboxylic acids is 3. The Morgan fingerprint density at radius 1 is 1.28 bits per heavy atom. The number of H-pyrrole nitrogens is 1. The summed E-state index contributed by atoms with van der Waals surface area (Å²) in [5, 5.41) is 26.1. The van der Waals surface area contributed by atoms with E-state index in [1.54, 1.807) is 31.5 Å². The maximum atomic E-state index is 13.8. The molecule has 1 fully saturated rings. The molecule has 0 aliphatic carbocycles. The first-order valence-electron chi connectivity index (χ1n) is 13.6. The highest BCUT2D eigenvalue weighted by atomic mass is 32.2. The number of tetrazole rings is 1. The standard InChI is InChI=1S/C27H23N11O6S3/c1-37-22(34-35-36-37)20(45)13-9-47-26-17(25(42)38(26)18(13)27(43)44)33-24(41)15(10-4-3-5-11(28)6-10)32-23(40)12-7-30-21-16(19(12)39)29-8-14(31-21)46-2/h3-8,15,17,26H,9,28H2,1-2H3,(H,32,40)(H,33,41)(H,43,44)(H,30,31,39)/t15?,17?,26-/m0/s1. The number of hydrogen-bond donors (Lipinski definition) is 5. The number of fused-ring (bicyclic) bond motifs is 2. The predicted molar refractivity (Wildman–Crippen MR) is 173 cm³/mol. The third kappa shape index (κ3) is 5.70. The van der Waals surface area contributed by atoms with Crippen LogP contribution in [0.1, 0.15) is 27.8 Å². The molecule has 3 atom stereocenters. The van der Waals surface area contributed by atoms with E-state index in [4.69, 9.17) is 18.0 Å². The highest BCUT2D eigenvalue weighted by Crippen LogP contribution is 2.41. The van der Waals surface area contributed by atoms with Crippen LogP contribution in [0.4, 0.5) is 5.69 Å². The fourth-order valence-corrected chi connectivity index (χ4v) is 7.20. The summed E-state index contributed by atoms with van der Waals surface area (Å²) in [7, 11) is 1.54. The number of aromatic nitrogens is 7. The van der Waals surface area contributed by atoms with Gasteiger partial charge in [-0.05, 0) is 34.4 Å². The number of aromatic amines is 1. The number of rotatable bonds is 9. The summed E-state index contributed by atoms with van der Waals surface area (Å²) in [6, 6.07) is 3.63. The molecule has 20 heteroatoms. The number of benzene rings is 1. The molecule has 0 bridgehead atoms. The van der Waals surface area contributed by atoms with Crippen LogP contribution in [0.5, 0.6) is 0 Å². The van der Waals surface area contributed by atoms with Gasteiger partial charge in [0.15, 0.2) is 17.0 Å². The number of carboxylic acid groups (broad SMARTS) is 1. The molecule has 6 N–H and O–H groups in total. The minimum atomic E-state index is -1.40. The monoisotopic (exact) mass is 693 g/mol. The molecule has 2 unspecified atom stereocenters. The SMILES string of the molecule is CSc1cnc2c(=O)c(C(=O)NC(C(=O)NC3C(=O)N4C(C(=O)O)=C(C(=S)c5nnnn5C)CS[C@@H]34)c3cccc(N)c3)c[nH]c2n1. The second-order valence-corrected chi connectivity index (χ2v) is 12.5. The van der Waals surface area contributed by atoms with Crippen LogP contribution in [0.2, 0.25) is 0 Å². The zero-order valence-corrected chi connectivity index (χ0v) is 26.8. The van der Waals surface area contributed by atoms with Gasteiger partial charge in [-0.1, -0.05) is 24.4 Å². The molecule has 5 heterocycles. The summed E-state index contributed by atoms with van der Waals surface area (Å²) in [5.41, 5.74) is 5.48. The van der Waals surface area contributed by atoms with Crippen molar-refractivity contribution in [3.05, 3.63) is 75.1 Å². The van der Waals surface area contributed by atoms with Crippen LogP contribution in [0.15, 0.2) is 57.7 Å². The van der Waals surface area contributed by atoms with Gasteiger partial charge in [-0.3, -0.25) is 24.1 Å². The fraction of sp³-hybridized carbons (Fsp3) is 0.222. The summed E-state index contributed by atoms with van der Waals surface area (Å²) < 4.78 is 1.29. The van der Waals surface area contributed by atoms with E-state index < -0.39 is 46.6 Å². The van der Waals surface area contributed by atoms with Crippen LogP contribution in [-0.2, 0) is 21.4 Å². The second kappa shape index (κ2) is 12.5. The molecule has 1 aromatic carbocycles. The molecule has 1 saturated heterocycles. The Hall–Kier alpha value is -5.21. The lowest BCUT2D eigenvalue weighted by Gasteiger charge is -2.49. The zero-order valence-electron chi connectivity index (χ0n) is 24.3. The van der Waals surface area contributed by atoms with Crippen molar-refractivity contribution in [1.82, 2.24) is 50.7 Å². The molecule has 3 amide bonds. The van der Waals surface area contributed by atoms with Crippen molar-refractivity contribution in [3.8, 4) is 0 Å². The van der Waals surface area contributed by atoms with Gasteiger partial charge < -0.3 is 26.5 Å². The molecule has 6 rings (SSSR count). The van der Waals surface area contributed by atoms with Gasteiger partial charge in [0.25, 0.3) is 11.8 Å². The number of nitrogens with two attached hydrogens (primary N) is 1. The first-order chi connectivity index (χ1) is 22.5. The van der Waals surface area contributed by atoms with Crippen LogP contribution in [0.3, 0.4) is 0 Å². The van der Waals surface area contributed by atoms with Crippen molar-refractivity contribution >= 4 is 81.1 Å². The van der Waals surface area contributed by atoms with Gasteiger partial charge in [0.05, 0.1) is 11.1 Å². The molecule has 2 aliphatic heterocycles. The molecule has 0 radical (unpaired) electrons. The van der Waals surface area contributed by atoms with Gasteiger partial charge in [-0.15, -0.1) is 28.6 Å². The van der Waals surface area contributed by atoms with Crippen molar-refractivity contribution in [2.45, 2.75) is 22.5 Å². The third-order valence-electron chi connectivity index (χ3n) is 7.36. The number of aliphatic carboxylic acids is 1. The van der Waals surface area contributed by atoms with Crippen LogP contribution in [0, 0.1) is 0 Å². The zero-order chi connectivity index (χ0) is 33.6. The molecule has 47 heavy (non-hydrogen) atoms. The molecule has 0 spiro atoms. The number of aryl methyl sites for hydroxylation is 1. The molecule has 4 aromatic rings. The van der Waals surface area contributed by atoms with Crippen LogP contribution < -0.4 is 21.8 Å². The number of β-lactam (4-membered cyclic amide) rings is 1. The van der Waals surface area contributed by atoms with E-state index in [1.165, 1.54) is 46.7 Å². The third-order valence-corrected chi connectivity index (χ3v) is 9.69. The van der Waals surface area contributed by atoms with Crippen molar-refractivity contribution in [2.75, 3.05) is 17.7 Å². The first-order valence-corrected chi connectivity index (χ1v) is 16.3. The number of nitrogens with one attached hydrogen (secondary N) is 3. The lowest BCUT2D eigenvalue weighted by Crippen LogP contribution is -2.71. The molecule has 0 saturated carbocycles. The number of nitrogen functional groups attached to an aromatic ring is 1. The number of nitrogens with zero attached hydrogens (tertiary/aromatic N) is 7. The van der Waals surface area contributed by atoms with E-state index >= 15 is 0 Å². The lowest BCUT2D eigenvalue weighted by atomic mass is 9.99. The topological polar surface area (TPSA) is 244 Å². The first kappa shape index (κ1) is 31.8. The average Bonchev–Trinajstić information content (AvgIpc) is 3.50. The van der Waals surface area contributed by atoms with E-state index in [0.717, 1.165) is 4.90 Å². The Labute approximate surface area is 277 Å². The molecule has 240 valence electrons. The summed E-state index contributed by atoms with van der Waals surface area (Å²) in [5.74, 6) is -3.52. The second-order valence-electron chi connectivity index (χ2n) is 10.2. The number of thiocarbonyl (C=S) groups is 1. The van der Waals surface area contributed by atoms with Crippen LogP contribution in [-0.4, -0.2) is 97.1 Å². The Morgan fingerprint density at radius 2 is 2.06 bits per heavy atom. The van der Waals surface area contributed by atoms with Gasteiger partial charge >= 0.3 is 5.97 Å². The number of anilines is 1. The average molecular weight is 694 g/mol. The maximum absolute atomic E-state index is 13.8. The number of thioether (sulfide) groups is 2. The smallest absolute Gasteiger partial charge is 0.353 e. The van der Waals surface area contributed by atoms with Gasteiger partial charge in [0.2, 0.25) is 11.3 Å². The normalized spacial score (nSPS) is 17.9. The summed E-state index contributed by atoms with van der Waals surface area (Å²) in [6.07, 6.45) is 4.38. The summed E-state index contributed by atoms with van der Waals surface area (Å²) in [4.78, 5) is 78.4. The van der Waals surface area contributed by atoms with Crippen molar-refractivity contribution < 1.29 is 24.3 Å². The number of carboxylic acids is 1. The lowest BCUT2D eigenvalue weighted by molar-refractivity contribution is -0.150. The highest BCUT2D eigenvalue weighted by molar-refractivity contribution is 8.00. The van der Waals surface area contributed by atoms with Gasteiger partial charge in [-0.2, -0.15) is 0 Å². The molecular weight excluding hydrogens is 671 g/mol. The van der Waals surface area contributed by atoms with Crippen molar-refractivity contribution in [2.24, 2.45) is 7.05 Å². The van der Waals surface area contributed by atoms with E-state index in [2.05, 4.69) is 41.1 Å². The Bertz CT molecular complexity index is 2100. The number of pyridine rings is 1. The number of hydrogen-bond acceptors (Lipinski definition) is 14. The minimum Gasteiger partial charge on any atom is -0.477 e. The Balaban J connectivity index is 1.26. The highest BCUT2D eigenvalue weighted by Gasteiger charge is 2.55. The van der Waals surface area contributed by atoms with E-state index in [9.17, 15) is 29.1 Å². The van der Waals surface area contributed by atoms with Crippen molar-refractivity contribution in [3.63, 3.8) is 0 Å². The Morgan fingerprint density at radius 3 is 2.74 bits per heavy atom. The van der Waals surface area contributed by atoms with E-state index in [1.807, 2.05) is 0 Å². The predicted octanol–water partition coefficient (Wildman–Crippen LogP) is -0.226. The summed E-state index contributed by atoms with van der Waals surface area (Å²) >= 11 is 7.99. The van der Waals surface area contributed by atoms with E-state index in [-0.39, 0.29) is 50.0 Å². The molecule has 17 nitrogen and oxygen atoms in total. The minimum absolute atomic E-state index is 0.0635. The van der Waals surface area contributed by atoms with E-state index in [0.29, 0.717) is 10.7 Å². The molecular formula is C27H23N11O6S3.